The number of benzene rings is 1. The first-order chi connectivity index (χ1) is 9.51. The molecule has 108 valence electrons. The molecule has 0 aliphatic heterocycles. The molecule has 0 bridgehead atoms. The second kappa shape index (κ2) is 5.96. The van der Waals surface area contributed by atoms with E-state index in [9.17, 15) is 9.90 Å². The molecule has 20 heavy (non-hydrogen) atoms. The van der Waals surface area contributed by atoms with Crippen molar-refractivity contribution in [1.82, 2.24) is 0 Å². The van der Waals surface area contributed by atoms with Gasteiger partial charge in [-0.05, 0) is 18.1 Å². The highest BCUT2D eigenvalue weighted by Gasteiger charge is 2.13. The molecule has 1 atom stereocenters. The van der Waals surface area contributed by atoms with Gasteiger partial charge in [0.2, 0.25) is 0 Å². The molecule has 1 N–H and O–H groups in total. The van der Waals surface area contributed by atoms with Crippen LogP contribution in [0.4, 0.5) is 0 Å². The fourth-order valence-electron chi connectivity index (χ4n) is 1.72. The number of ether oxygens (including phenoxy) is 2. The van der Waals surface area contributed by atoms with Gasteiger partial charge in [-0.25, -0.2) is 4.79 Å². The van der Waals surface area contributed by atoms with Gasteiger partial charge in [0.05, 0.1) is 13.2 Å². The van der Waals surface area contributed by atoms with Crippen LogP contribution in [-0.4, -0.2) is 24.9 Å². The molecule has 0 aliphatic carbocycles. The van der Waals surface area contributed by atoms with Gasteiger partial charge < -0.3 is 19.0 Å². The minimum Gasteiger partial charge on any atom is -0.493 e. The molecule has 0 amide bonds. The van der Waals surface area contributed by atoms with E-state index >= 15 is 0 Å². The monoisotopic (exact) mass is 278 g/mol. The van der Waals surface area contributed by atoms with E-state index < -0.39 is 11.7 Å². The summed E-state index contributed by atoms with van der Waals surface area (Å²) in [5.74, 6) is 1.07. The third-order valence-corrected chi connectivity index (χ3v) is 3.08. The number of rotatable bonds is 5. The molecular formula is C15H18O5. The van der Waals surface area contributed by atoms with Crippen molar-refractivity contribution in [2.24, 2.45) is 5.92 Å². The van der Waals surface area contributed by atoms with Gasteiger partial charge in [0.25, 0.3) is 0 Å². The highest BCUT2D eigenvalue weighted by atomic mass is 16.5. The number of fused-ring (bicyclic) bond motifs is 1. The average Bonchev–Trinajstić information content (AvgIpc) is 2.43. The Morgan fingerprint density at radius 2 is 2.00 bits per heavy atom. The normalized spacial score (nSPS) is 12.7. The summed E-state index contributed by atoms with van der Waals surface area (Å²) in [5, 5.41) is 10.5. The van der Waals surface area contributed by atoms with E-state index in [1.165, 1.54) is 13.2 Å². The van der Waals surface area contributed by atoms with Crippen molar-refractivity contribution in [1.29, 1.82) is 0 Å². The van der Waals surface area contributed by atoms with Gasteiger partial charge in [-0.2, -0.15) is 0 Å². The zero-order valence-corrected chi connectivity index (χ0v) is 11.8. The maximum Gasteiger partial charge on any atom is 0.336 e. The second-order valence-corrected chi connectivity index (χ2v) is 4.92. The number of methoxy groups -OCH3 is 1. The van der Waals surface area contributed by atoms with E-state index in [0.717, 1.165) is 5.39 Å². The van der Waals surface area contributed by atoms with Crippen LogP contribution >= 0.6 is 0 Å². The summed E-state index contributed by atoms with van der Waals surface area (Å²) in [5.41, 5.74) is 0.00293. The van der Waals surface area contributed by atoms with Crippen molar-refractivity contribution in [3.05, 3.63) is 34.7 Å². The largest absolute Gasteiger partial charge is 0.493 e. The van der Waals surface area contributed by atoms with E-state index in [1.54, 1.807) is 18.2 Å². The highest BCUT2D eigenvalue weighted by molar-refractivity contribution is 5.80. The van der Waals surface area contributed by atoms with Crippen LogP contribution in [0.25, 0.3) is 11.0 Å². The van der Waals surface area contributed by atoms with Crippen molar-refractivity contribution < 1.29 is 19.0 Å². The molecule has 0 fully saturated rings. The van der Waals surface area contributed by atoms with Gasteiger partial charge in [0.15, 0.2) is 11.5 Å². The first kappa shape index (κ1) is 14.4. The summed E-state index contributed by atoms with van der Waals surface area (Å²) in [6, 6.07) is 6.35. The Labute approximate surface area is 116 Å². The molecule has 1 unspecified atom stereocenters. The summed E-state index contributed by atoms with van der Waals surface area (Å²) >= 11 is 0. The molecule has 0 saturated heterocycles. The maximum absolute atomic E-state index is 11.2. The van der Waals surface area contributed by atoms with Crippen molar-refractivity contribution >= 4 is 11.0 Å². The maximum atomic E-state index is 11.2. The van der Waals surface area contributed by atoms with Gasteiger partial charge in [-0.3, -0.25) is 0 Å². The van der Waals surface area contributed by atoms with E-state index in [4.69, 9.17) is 13.9 Å². The minimum absolute atomic E-state index is 0.0967. The predicted octanol–water partition coefficient (Wildman–Crippen LogP) is 2.20. The number of aliphatic hydroxyl groups excluding tert-OH is 1. The Bertz CT molecular complexity index is 644. The van der Waals surface area contributed by atoms with Crippen LogP contribution in [0.1, 0.15) is 13.8 Å². The second-order valence-electron chi connectivity index (χ2n) is 4.92. The number of hydrogen-bond acceptors (Lipinski definition) is 5. The molecule has 0 aliphatic rings. The zero-order valence-electron chi connectivity index (χ0n) is 11.8. The van der Waals surface area contributed by atoms with E-state index in [0.29, 0.717) is 17.1 Å². The third-order valence-electron chi connectivity index (χ3n) is 3.08. The standard InChI is InChI=1S/C15H18O5/c1-9(2)11(16)8-19-14-7-12-10(6-13(14)18-3)4-5-15(17)20-12/h4-7,9,11,16H,8H2,1-3H3. The number of aliphatic hydroxyl groups is 1. The summed E-state index contributed by atoms with van der Waals surface area (Å²) in [6.45, 7) is 3.96. The lowest BCUT2D eigenvalue weighted by molar-refractivity contribution is 0.0690. The van der Waals surface area contributed by atoms with Crippen LogP contribution in [0.15, 0.2) is 33.5 Å². The Morgan fingerprint density at radius 3 is 2.65 bits per heavy atom. The first-order valence-electron chi connectivity index (χ1n) is 6.44. The number of hydrogen-bond donors (Lipinski definition) is 1. The van der Waals surface area contributed by atoms with Gasteiger partial charge in [0.1, 0.15) is 12.2 Å². The minimum atomic E-state index is -0.571. The molecule has 1 heterocycles. The topological polar surface area (TPSA) is 68.9 Å². The van der Waals surface area contributed by atoms with Gasteiger partial charge in [-0.1, -0.05) is 13.8 Å². The van der Waals surface area contributed by atoms with Gasteiger partial charge in [-0.15, -0.1) is 0 Å². The zero-order chi connectivity index (χ0) is 14.7. The summed E-state index contributed by atoms with van der Waals surface area (Å²) in [7, 11) is 1.53. The molecule has 1 aromatic heterocycles. The molecule has 1 aromatic carbocycles. The molecule has 2 aromatic rings. The molecule has 0 saturated carbocycles. The Morgan fingerprint density at radius 1 is 1.25 bits per heavy atom. The molecule has 0 spiro atoms. The van der Waals surface area contributed by atoms with Crippen LogP contribution in [0.5, 0.6) is 11.5 Å². The molecule has 5 nitrogen and oxygen atoms in total. The van der Waals surface area contributed by atoms with E-state index in [1.807, 2.05) is 13.8 Å². The molecule has 0 radical (unpaired) electrons. The fourth-order valence-corrected chi connectivity index (χ4v) is 1.72. The van der Waals surface area contributed by atoms with Gasteiger partial charge >= 0.3 is 5.63 Å². The Hall–Kier alpha value is -2.01. The smallest absolute Gasteiger partial charge is 0.336 e. The summed E-state index contributed by atoms with van der Waals surface area (Å²) in [6.07, 6.45) is -0.571. The molecule has 5 heteroatoms. The van der Waals surface area contributed by atoms with Crippen LogP contribution in [0.2, 0.25) is 0 Å². The Kier molecular flexibility index (Phi) is 4.29. The fraction of sp³-hybridized carbons (Fsp3) is 0.400. The van der Waals surface area contributed by atoms with E-state index in [-0.39, 0.29) is 12.5 Å². The summed E-state index contributed by atoms with van der Waals surface area (Å²) in [4.78, 5) is 11.2. The SMILES string of the molecule is COc1cc2ccc(=O)oc2cc1OCC(O)C(C)C. The van der Waals surface area contributed by atoms with Crippen LogP contribution in [-0.2, 0) is 0 Å². The van der Waals surface area contributed by atoms with Crippen molar-refractivity contribution in [3.63, 3.8) is 0 Å². The van der Waals surface area contributed by atoms with Crippen molar-refractivity contribution in [2.75, 3.05) is 13.7 Å². The van der Waals surface area contributed by atoms with Gasteiger partial charge in [0, 0.05) is 17.5 Å². The van der Waals surface area contributed by atoms with Crippen LogP contribution < -0.4 is 15.1 Å². The lowest BCUT2D eigenvalue weighted by Crippen LogP contribution is -2.23. The van der Waals surface area contributed by atoms with Crippen molar-refractivity contribution in [2.45, 2.75) is 20.0 Å². The third kappa shape index (κ3) is 3.11. The molecule has 2 rings (SSSR count). The lowest BCUT2D eigenvalue weighted by Gasteiger charge is -2.17. The first-order valence-corrected chi connectivity index (χ1v) is 6.44. The lowest BCUT2D eigenvalue weighted by atomic mass is 10.1. The Balaban J connectivity index is 2.33. The quantitative estimate of drug-likeness (QED) is 0.849. The molecular weight excluding hydrogens is 260 g/mol. The van der Waals surface area contributed by atoms with Crippen LogP contribution in [0.3, 0.4) is 0 Å². The summed E-state index contributed by atoms with van der Waals surface area (Å²) < 4.78 is 15.9. The van der Waals surface area contributed by atoms with Crippen molar-refractivity contribution in [3.8, 4) is 11.5 Å². The predicted molar refractivity (Wildman–Crippen MR) is 75.4 cm³/mol. The average molecular weight is 278 g/mol. The highest BCUT2D eigenvalue weighted by Crippen LogP contribution is 2.32. The van der Waals surface area contributed by atoms with Crippen LogP contribution in [0, 0.1) is 5.92 Å². The van der Waals surface area contributed by atoms with E-state index in [2.05, 4.69) is 0 Å².